The Morgan fingerprint density at radius 3 is 2.40 bits per heavy atom. The van der Waals surface area contributed by atoms with Crippen molar-refractivity contribution in [3.63, 3.8) is 0 Å². The van der Waals surface area contributed by atoms with Crippen LogP contribution in [0.2, 0.25) is 0 Å². The maximum absolute atomic E-state index is 5.98. The average Bonchev–Trinajstić information content (AvgIpc) is 2.83. The van der Waals surface area contributed by atoms with Crippen molar-refractivity contribution in [3.05, 3.63) is 41.7 Å². The molecule has 0 amide bonds. The standard InChI is InChI=1S/C16H22N4/c1-12-3-5-15(6-4-12)20-13(2)16(11-18-20)19-9-7-14(17)8-10-19/h3-6,11,14H,7-10,17H2,1-2H3. The largest absolute Gasteiger partial charge is 0.369 e. The molecule has 0 radical (unpaired) electrons. The molecule has 2 heterocycles. The van der Waals surface area contributed by atoms with Crippen LogP contribution in [0.4, 0.5) is 5.69 Å². The number of aromatic nitrogens is 2. The summed E-state index contributed by atoms with van der Waals surface area (Å²) in [4.78, 5) is 2.40. The van der Waals surface area contributed by atoms with E-state index in [9.17, 15) is 0 Å². The molecule has 0 unspecified atom stereocenters. The highest BCUT2D eigenvalue weighted by Gasteiger charge is 2.20. The summed E-state index contributed by atoms with van der Waals surface area (Å²) < 4.78 is 2.02. The molecule has 0 saturated carbocycles. The van der Waals surface area contributed by atoms with Crippen LogP contribution in [0.5, 0.6) is 0 Å². The maximum Gasteiger partial charge on any atom is 0.0787 e. The van der Waals surface area contributed by atoms with Crippen molar-refractivity contribution >= 4 is 5.69 Å². The van der Waals surface area contributed by atoms with Crippen LogP contribution in [0.25, 0.3) is 5.69 Å². The van der Waals surface area contributed by atoms with Gasteiger partial charge in [-0.3, -0.25) is 0 Å². The highest BCUT2D eigenvalue weighted by Crippen LogP contribution is 2.25. The molecule has 2 aromatic rings. The summed E-state index contributed by atoms with van der Waals surface area (Å²) in [6, 6.07) is 8.83. The number of piperidine rings is 1. The lowest BCUT2D eigenvalue weighted by Gasteiger charge is -2.31. The Bertz CT molecular complexity index is 577. The summed E-state index contributed by atoms with van der Waals surface area (Å²) in [6.45, 7) is 6.29. The van der Waals surface area contributed by atoms with Gasteiger partial charge in [-0.05, 0) is 38.8 Å². The lowest BCUT2D eigenvalue weighted by Crippen LogP contribution is -2.39. The fourth-order valence-electron chi connectivity index (χ4n) is 2.80. The van der Waals surface area contributed by atoms with Crippen LogP contribution in [0.1, 0.15) is 24.1 Å². The molecule has 0 aliphatic carbocycles. The Morgan fingerprint density at radius 2 is 1.75 bits per heavy atom. The third kappa shape index (κ3) is 2.43. The molecule has 0 bridgehead atoms. The third-order valence-electron chi connectivity index (χ3n) is 4.14. The number of rotatable bonds is 2. The minimum absolute atomic E-state index is 0.360. The molecule has 4 heteroatoms. The van der Waals surface area contributed by atoms with E-state index in [1.54, 1.807) is 0 Å². The van der Waals surface area contributed by atoms with Crippen molar-refractivity contribution in [3.8, 4) is 5.69 Å². The second kappa shape index (κ2) is 5.29. The molecule has 0 spiro atoms. The summed E-state index contributed by atoms with van der Waals surface area (Å²) in [7, 11) is 0. The van der Waals surface area contributed by atoms with Crippen molar-refractivity contribution in [2.75, 3.05) is 18.0 Å². The van der Waals surface area contributed by atoms with Gasteiger partial charge < -0.3 is 10.6 Å². The van der Waals surface area contributed by atoms with Gasteiger partial charge in [0.2, 0.25) is 0 Å². The van der Waals surface area contributed by atoms with E-state index in [1.807, 2.05) is 10.9 Å². The van der Waals surface area contributed by atoms with Gasteiger partial charge in [-0.1, -0.05) is 17.7 Å². The molecule has 106 valence electrons. The summed E-state index contributed by atoms with van der Waals surface area (Å²) >= 11 is 0. The number of hydrogen-bond donors (Lipinski definition) is 1. The minimum Gasteiger partial charge on any atom is -0.369 e. The zero-order valence-corrected chi connectivity index (χ0v) is 12.2. The van der Waals surface area contributed by atoms with Crippen molar-refractivity contribution in [2.24, 2.45) is 5.73 Å². The number of nitrogens with zero attached hydrogens (tertiary/aromatic N) is 3. The van der Waals surface area contributed by atoms with E-state index < -0.39 is 0 Å². The second-order valence-electron chi connectivity index (χ2n) is 5.69. The summed E-state index contributed by atoms with van der Waals surface area (Å²) in [6.07, 6.45) is 4.11. The smallest absolute Gasteiger partial charge is 0.0787 e. The van der Waals surface area contributed by atoms with Gasteiger partial charge >= 0.3 is 0 Å². The lowest BCUT2D eigenvalue weighted by molar-refractivity contribution is 0.501. The Morgan fingerprint density at radius 1 is 1.10 bits per heavy atom. The van der Waals surface area contributed by atoms with Crippen LogP contribution < -0.4 is 10.6 Å². The van der Waals surface area contributed by atoms with E-state index in [1.165, 1.54) is 16.9 Å². The Labute approximate surface area is 120 Å². The van der Waals surface area contributed by atoms with Gasteiger partial charge in [0.25, 0.3) is 0 Å². The predicted molar refractivity (Wildman–Crippen MR) is 82.5 cm³/mol. The van der Waals surface area contributed by atoms with Crippen LogP contribution in [0.15, 0.2) is 30.5 Å². The molecule has 20 heavy (non-hydrogen) atoms. The fraction of sp³-hybridized carbons (Fsp3) is 0.438. The Kier molecular flexibility index (Phi) is 3.49. The molecule has 1 aromatic carbocycles. The van der Waals surface area contributed by atoms with Gasteiger partial charge in [-0.25, -0.2) is 4.68 Å². The summed E-state index contributed by atoms with van der Waals surface area (Å²) in [5, 5.41) is 4.55. The normalized spacial score (nSPS) is 16.6. The highest BCUT2D eigenvalue weighted by molar-refractivity contribution is 5.52. The maximum atomic E-state index is 5.98. The number of nitrogens with two attached hydrogens (primary N) is 1. The van der Waals surface area contributed by atoms with Crippen molar-refractivity contribution in [2.45, 2.75) is 32.7 Å². The first-order valence-electron chi connectivity index (χ1n) is 7.27. The van der Waals surface area contributed by atoms with E-state index in [-0.39, 0.29) is 0 Å². The first-order chi connectivity index (χ1) is 9.65. The summed E-state index contributed by atoms with van der Waals surface area (Å²) in [5.41, 5.74) is 10.8. The number of benzene rings is 1. The zero-order chi connectivity index (χ0) is 14.1. The van der Waals surface area contributed by atoms with E-state index in [4.69, 9.17) is 5.73 Å². The molecular formula is C16H22N4. The van der Waals surface area contributed by atoms with Gasteiger partial charge in [-0.2, -0.15) is 5.10 Å². The minimum atomic E-state index is 0.360. The molecule has 2 N–H and O–H groups in total. The number of anilines is 1. The Balaban J connectivity index is 1.87. The molecule has 1 aliphatic rings. The molecule has 3 rings (SSSR count). The lowest BCUT2D eigenvalue weighted by atomic mass is 10.1. The van der Waals surface area contributed by atoms with E-state index in [0.29, 0.717) is 6.04 Å². The second-order valence-corrected chi connectivity index (χ2v) is 5.69. The SMILES string of the molecule is Cc1ccc(-n2ncc(N3CCC(N)CC3)c2C)cc1. The first kappa shape index (κ1) is 13.2. The zero-order valence-electron chi connectivity index (χ0n) is 12.2. The molecule has 1 fully saturated rings. The van der Waals surface area contributed by atoms with Gasteiger partial charge in [-0.15, -0.1) is 0 Å². The Hall–Kier alpha value is -1.81. The quantitative estimate of drug-likeness (QED) is 0.911. The van der Waals surface area contributed by atoms with Crippen LogP contribution in [-0.2, 0) is 0 Å². The molecule has 0 atom stereocenters. The molecular weight excluding hydrogens is 248 g/mol. The average molecular weight is 270 g/mol. The first-order valence-corrected chi connectivity index (χ1v) is 7.27. The van der Waals surface area contributed by atoms with Gasteiger partial charge in [0.15, 0.2) is 0 Å². The van der Waals surface area contributed by atoms with Crippen LogP contribution in [-0.4, -0.2) is 28.9 Å². The monoisotopic (exact) mass is 270 g/mol. The number of hydrogen-bond acceptors (Lipinski definition) is 3. The van der Waals surface area contributed by atoms with Crippen molar-refractivity contribution < 1.29 is 0 Å². The van der Waals surface area contributed by atoms with E-state index in [0.717, 1.165) is 31.6 Å². The molecule has 1 aromatic heterocycles. The van der Waals surface area contributed by atoms with Crippen LogP contribution in [0.3, 0.4) is 0 Å². The van der Waals surface area contributed by atoms with Gasteiger partial charge in [0, 0.05) is 19.1 Å². The van der Waals surface area contributed by atoms with Gasteiger partial charge in [0.05, 0.1) is 23.3 Å². The third-order valence-corrected chi connectivity index (χ3v) is 4.14. The molecule has 4 nitrogen and oxygen atoms in total. The predicted octanol–water partition coefficient (Wildman–Crippen LogP) is 2.42. The van der Waals surface area contributed by atoms with E-state index in [2.05, 4.69) is 48.1 Å². The summed E-state index contributed by atoms with van der Waals surface area (Å²) in [5.74, 6) is 0. The van der Waals surface area contributed by atoms with Gasteiger partial charge in [0.1, 0.15) is 0 Å². The van der Waals surface area contributed by atoms with Crippen LogP contribution in [0, 0.1) is 13.8 Å². The topological polar surface area (TPSA) is 47.1 Å². The van der Waals surface area contributed by atoms with Crippen molar-refractivity contribution in [1.29, 1.82) is 0 Å². The van der Waals surface area contributed by atoms with Crippen LogP contribution >= 0.6 is 0 Å². The molecule has 1 aliphatic heterocycles. The molecule has 1 saturated heterocycles. The van der Waals surface area contributed by atoms with Crippen molar-refractivity contribution in [1.82, 2.24) is 9.78 Å². The number of aryl methyl sites for hydroxylation is 1. The highest BCUT2D eigenvalue weighted by atomic mass is 15.3. The van der Waals surface area contributed by atoms with E-state index >= 15 is 0 Å². The fourth-order valence-corrected chi connectivity index (χ4v) is 2.80.